The number of carbonyl (C=O) groups is 4. The Morgan fingerprint density at radius 2 is 1.03 bits per heavy atom. The second kappa shape index (κ2) is 11.4. The van der Waals surface area contributed by atoms with Crippen molar-refractivity contribution in [1.82, 2.24) is 0 Å². The highest BCUT2D eigenvalue weighted by Gasteiger charge is 2.16. The molecule has 0 aliphatic rings. The molecule has 0 heterocycles. The third-order valence-electron chi connectivity index (χ3n) is 4.12. The first-order valence-electron chi connectivity index (χ1n) is 9.98. The lowest BCUT2D eigenvalue weighted by Gasteiger charge is -2.19. The van der Waals surface area contributed by atoms with Crippen molar-refractivity contribution in [2.24, 2.45) is 0 Å². The highest BCUT2D eigenvalue weighted by molar-refractivity contribution is 6.02. The van der Waals surface area contributed by atoms with Crippen LogP contribution in [0.3, 0.4) is 0 Å². The van der Waals surface area contributed by atoms with Gasteiger partial charge in [0.25, 0.3) is 0 Å². The molecular weight excluding hydrogens is 428 g/mol. The first kappa shape index (κ1) is 25.1. The van der Waals surface area contributed by atoms with Gasteiger partial charge in [-0.05, 0) is 62.4 Å². The van der Waals surface area contributed by atoms with E-state index in [0.29, 0.717) is 17.9 Å². The monoisotopic (exact) mass is 452 g/mol. The summed E-state index contributed by atoms with van der Waals surface area (Å²) in [5.74, 6) is -2.29. The van der Waals surface area contributed by atoms with Gasteiger partial charge in [-0.2, -0.15) is 0 Å². The maximum atomic E-state index is 12.0. The van der Waals surface area contributed by atoms with E-state index in [9.17, 15) is 19.2 Å². The fourth-order valence-corrected chi connectivity index (χ4v) is 2.29. The van der Waals surface area contributed by atoms with Crippen LogP contribution in [0.1, 0.15) is 47.9 Å². The average molecular weight is 452 g/mol. The van der Waals surface area contributed by atoms with Crippen molar-refractivity contribution < 1.29 is 38.1 Å². The van der Waals surface area contributed by atoms with Gasteiger partial charge in [-0.3, -0.25) is 0 Å². The quantitative estimate of drug-likeness (QED) is 0.239. The number of benzene rings is 2. The van der Waals surface area contributed by atoms with Gasteiger partial charge in [0.05, 0.1) is 11.1 Å². The molecule has 0 atom stereocenters. The minimum Gasteiger partial charge on any atom is -0.455 e. The summed E-state index contributed by atoms with van der Waals surface area (Å²) in [7, 11) is 0. The minimum atomic E-state index is -0.790. The molecule has 2 rings (SSSR count). The summed E-state index contributed by atoms with van der Waals surface area (Å²) in [5.41, 5.74) is 0.602. The maximum Gasteiger partial charge on any atom is 0.346 e. The van der Waals surface area contributed by atoms with Gasteiger partial charge in [0.15, 0.2) is 0 Å². The van der Waals surface area contributed by atoms with Gasteiger partial charge in [0.2, 0.25) is 6.29 Å². The average Bonchev–Trinajstić information content (AvgIpc) is 2.79. The zero-order valence-corrected chi connectivity index (χ0v) is 18.6. The van der Waals surface area contributed by atoms with Crippen molar-refractivity contribution in [3.05, 3.63) is 84.0 Å². The number of rotatable bonds is 9. The van der Waals surface area contributed by atoms with E-state index in [4.69, 9.17) is 9.47 Å². The van der Waals surface area contributed by atoms with Crippen molar-refractivity contribution in [1.29, 1.82) is 0 Å². The molecule has 2 aromatic carbocycles. The molecule has 172 valence electrons. The molecule has 0 aliphatic carbocycles. The standard InChI is InChI=1S/C25H24O8/c1-6-21(30-19-11-7-17(8-12-19)24(28)32-22(26)15(2)3)31-20-13-9-18(10-14-20)25(29)33-23(27)16(4)5/h7-14,21H,2,4,6H2,1,3,5H3. The van der Waals surface area contributed by atoms with Gasteiger partial charge in [-0.1, -0.05) is 20.1 Å². The number of hydrogen-bond acceptors (Lipinski definition) is 8. The molecule has 0 unspecified atom stereocenters. The highest BCUT2D eigenvalue weighted by Crippen LogP contribution is 2.20. The van der Waals surface area contributed by atoms with Crippen LogP contribution in [0.25, 0.3) is 0 Å². The summed E-state index contributed by atoms with van der Waals surface area (Å²) in [6, 6.07) is 12.0. The largest absolute Gasteiger partial charge is 0.455 e. The molecule has 0 fully saturated rings. The zero-order chi connectivity index (χ0) is 24.5. The Bertz CT molecular complexity index is 979. The fraction of sp³-hybridized carbons (Fsp3) is 0.200. The molecule has 33 heavy (non-hydrogen) atoms. The summed E-state index contributed by atoms with van der Waals surface area (Å²) in [4.78, 5) is 46.8. The van der Waals surface area contributed by atoms with Gasteiger partial charge >= 0.3 is 23.9 Å². The molecule has 0 aromatic heterocycles. The van der Waals surface area contributed by atoms with Crippen LogP contribution in [0, 0.1) is 0 Å². The molecule has 0 radical (unpaired) electrons. The van der Waals surface area contributed by atoms with Crippen molar-refractivity contribution in [2.75, 3.05) is 0 Å². The second-order valence-corrected chi connectivity index (χ2v) is 7.04. The number of carbonyl (C=O) groups excluding carboxylic acids is 4. The van der Waals surface area contributed by atoms with Crippen LogP contribution >= 0.6 is 0 Å². The van der Waals surface area contributed by atoms with Crippen LogP contribution in [0.15, 0.2) is 72.8 Å². The predicted molar refractivity (Wildman–Crippen MR) is 119 cm³/mol. The van der Waals surface area contributed by atoms with E-state index in [1.807, 2.05) is 6.92 Å². The van der Waals surface area contributed by atoms with E-state index < -0.39 is 30.2 Å². The van der Waals surface area contributed by atoms with Gasteiger partial charge in [-0.15, -0.1) is 0 Å². The molecule has 8 nitrogen and oxygen atoms in total. The molecule has 8 heteroatoms. The Balaban J connectivity index is 1.97. The molecule has 0 bridgehead atoms. The number of esters is 4. The Labute approximate surface area is 191 Å². The van der Waals surface area contributed by atoms with Crippen molar-refractivity contribution >= 4 is 23.9 Å². The lowest BCUT2D eigenvalue weighted by Crippen LogP contribution is -2.23. The van der Waals surface area contributed by atoms with Crippen LogP contribution in [-0.2, 0) is 19.1 Å². The Kier molecular flexibility index (Phi) is 8.68. The molecule has 2 aromatic rings. The zero-order valence-electron chi connectivity index (χ0n) is 18.6. The molecule has 0 N–H and O–H groups in total. The first-order valence-corrected chi connectivity index (χ1v) is 9.98. The van der Waals surface area contributed by atoms with E-state index >= 15 is 0 Å². The van der Waals surface area contributed by atoms with Crippen LogP contribution in [0.4, 0.5) is 0 Å². The van der Waals surface area contributed by atoms with Gasteiger partial charge in [0, 0.05) is 17.6 Å². The predicted octanol–water partition coefficient (Wildman–Crippen LogP) is 4.40. The van der Waals surface area contributed by atoms with E-state index in [1.165, 1.54) is 38.1 Å². The molecule has 0 aliphatic heterocycles. The van der Waals surface area contributed by atoms with Crippen LogP contribution < -0.4 is 9.47 Å². The van der Waals surface area contributed by atoms with Gasteiger partial charge < -0.3 is 18.9 Å². The topological polar surface area (TPSA) is 105 Å². The highest BCUT2D eigenvalue weighted by atomic mass is 16.7. The van der Waals surface area contributed by atoms with Crippen LogP contribution in [0.5, 0.6) is 11.5 Å². The van der Waals surface area contributed by atoms with Crippen molar-refractivity contribution in [3.8, 4) is 11.5 Å². The third-order valence-corrected chi connectivity index (χ3v) is 4.12. The Hall–Kier alpha value is -4.20. The van der Waals surface area contributed by atoms with Crippen molar-refractivity contribution in [3.63, 3.8) is 0 Å². The van der Waals surface area contributed by atoms with Crippen molar-refractivity contribution in [2.45, 2.75) is 33.5 Å². The molecule has 0 amide bonds. The number of ether oxygens (including phenoxy) is 4. The van der Waals surface area contributed by atoms with E-state index in [1.54, 1.807) is 24.3 Å². The summed E-state index contributed by atoms with van der Waals surface area (Å²) in [5, 5.41) is 0. The smallest absolute Gasteiger partial charge is 0.346 e. The first-order chi connectivity index (χ1) is 15.6. The van der Waals surface area contributed by atoms with E-state index in [0.717, 1.165) is 0 Å². The SMILES string of the molecule is C=C(C)C(=O)OC(=O)c1ccc(OC(CC)Oc2ccc(C(=O)OC(=O)C(=C)C)cc2)cc1. The fourth-order valence-electron chi connectivity index (χ4n) is 2.29. The summed E-state index contributed by atoms with van der Waals surface area (Å²) in [6.45, 7) is 11.6. The van der Waals surface area contributed by atoms with Gasteiger partial charge in [0.1, 0.15) is 11.5 Å². The van der Waals surface area contributed by atoms with E-state index in [-0.39, 0.29) is 22.3 Å². The molecule has 0 saturated heterocycles. The molecule has 0 saturated carbocycles. The summed E-state index contributed by atoms with van der Waals surface area (Å²) >= 11 is 0. The van der Waals surface area contributed by atoms with E-state index in [2.05, 4.69) is 22.6 Å². The summed E-state index contributed by atoms with van der Waals surface area (Å²) < 4.78 is 20.9. The Morgan fingerprint density at radius 3 is 1.30 bits per heavy atom. The maximum absolute atomic E-state index is 12.0. The normalized spacial score (nSPS) is 10.2. The minimum absolute atomic E-state index is 0.122. The lowest BCUT2D eigenvalue weighted by atomic mass is 10.2. The second-order valence-electron chi connectivity index (χ2n) is 7.04. The summed E-state index contributed by atoms with van der Waals surface area (Å²) in [6.07, 6.45) is -0.163. The van der Waals surface area contributed by atoms with Gasteiger partial charge in [-0.25, -0.2) is 19.2 Å². The lowest BCUT2D eigenvalue weighted by molar-refractivity contribution is -0.134. The third kappa shape index (κ3) is 7.46. The Morgan fingerprint density at radius 1 is 0.697 bits per heavy atom. The molecule has 0 spiro atoms. The molecular formula is C25H24O8. The van der Waals surface area contributed by atoms with Crippen LogP contribution in [-0.4, -0.2) is 30.2 Å². The van der Waals surface area contributed by atoms with Crippen LogP contribution in [0.2, 0.25) is 0 Å². The number of hydrogen-bond donors (Lipinski definition) is 0.